The van der Waals surface area contributed by atoms with Crippen LogP contribution in [0.1, 0.15) is 31.9 Å². The molecule has 2 heterocycles. The second kappa shape index (κ2) is 3.13. The zero-order chi connectivity index (χ0) is 11.3. The zero-order valence-electron chi connectivity index (χ0n) is 10.4. The lowest BCUT2D eigenvalue weighted by Gasteiger charge is -2.28. The van der Waals surface area contributed by atoms with E-state index in [4.69, 9.17) is 0 Å². The van der Waals surface area contributed by atoms with Crippen molar-refractivity contribution in [3.8, 4) is 0 Å². The van der Waals surface area contributed by atoms with Gasteiger partial charge in [0.25, 0.3) is 0 Å². The molecule has 0 spiro atoms. The van der Waals surface area contributed by atoms with Crippen molar-refractivity contribution >= 4 is 5.69 Å². The molecule has 0 bridgehead atoms. The zero-order valence-corrected chi connectivity index (χ0v) is 10.4. The summed E-state index contributed by atoms with van der Waals surface area (Å²) in [5.74, 6) is 0. The fraction of sp³-hybridized carbons (Fsp3) is 0.467. The molecule has 1 aromatic rings. The SMILES string of the molecule is CC1=CCN2CCc3cccc(c32)C1(C)C. The lowest BCUT2D eigenvalue weighted by molar-refractivity contribution is 0.627. The van der Waals surface area contributed by atoms with Gasteiger partial charge in [-0.1, -0.05) is 43.7 Å². The molecule has 0 atom stereocenters. The van der Waals surface area contributed by atoms with Gasteiger partial charge in [-0.15, -0.1) is 0 Å². The van der Waals surface area contributed by atoms with Crippen LogP contribution < -0.4 is 4.90 Å². The second-order valence-corrected chi connectivity index (χ2v) is 5.52. The van der Waals surface area contributed by atoms with Crippen molar-refractivity contribution in [3.63, 3.8) is 0 Å². The van der Waals surface area contributed by atoms with Gasteiger partial charge in [0.1, 0.15) is 0 Å². The van der Waals surface area contributed by atoms with Gasteiger partial charge in [0, 0.05) is 24.2 Å². The predicted molar refractivity (Wildman–Crippen MR) is 69.1 cm³/mol. The summed E-state index contributed by atoms with van der Waals surface area (Å²) in [5.41, 5.74) is 6.24. The lowest BCUT2D eigenvalue weighted by atomic mass is 9.77. The molecule has 2 aliphatic rings. The van der Waals surface area contributed by atoms with E-state index < -0.39 is 0 Å². The maximum absolute atomic E-state index is 2.53. The highest BCUT2D eigenvalue weighted by Crippen LogP contribution is 2.43. The van der Waals surface area contributed by atoms with Gasteiger partial charge in [-0.2, -0.15) is 0 Å². The summed E-state index contributed by atoms with van der Waals surface area (Å²) >= 11 is 0. The van der Waals surface area contributed by atoms with Crippen LogP contribution in [-0.4, -0.2) is 13.1 Å². The summed E-state index contributed by atoms with van der Waals surface area (Å²) in [6.45, 7) is 9.22. The molecular formula is C15H19N. The quantitative estimate of drug-likeness (QED) is 0.598. The molecule has 0 fully saturated rings. The number of hydrogen-bond donors (Lipinski definition) is 0. The molecule has 0 N–H and O–H groups in total. The van der Waals surface area contributed by atoms with Crippen LogP contribution in [0.4, 0.5) is 5.69 Å². The first kappa shape index (κ1) is 9.95. The third kappa shape index (κ3) is 1.17. The summed E-state index contributed by atoms with van der Waals surface area (Å²) < 4.78 is 0. The van der Waals surface area contributed by atoms with Gasteiger partial charge in [-0.25, -0.2) is 0 Å². The van der Waals surface area contributed by atoms with Crippen molar-refractivity contribution < 1.29 is 0 Å². The number of anilines is 1. The number of para-hydroxylation sites is 1. The Morgan fingerprint density at radius 3 is 2.88 bits per heavy atom. The van der Waals surface area contributed by atoms with Crippen molar-refractivity contribution in [2.75, 3.05) is 18.0 Å². The summed E-state index contributed by atoms with van der Waals surface area (Å²) in [5, 5.41) is 0. The highest BCUT2D eigenvalue weighted by atomic mass is 15.1. The molecule has 0 saturated heterocycles. The Bertz CT molecular complexity index is 468. The summed E-state index contributed by atoms with van der Waals surface area (Å²) in [6, 6.07) is 6.81. The Balaban J connectivity index is 2.28. The van der Waals surface area contributed by atoms with Gasteiger partial charge in [-0.3, -0.25) is 0 Å². The van der Waals surface area contributed by atoms with Gasteiger partial charge >= 0.3 is 0 Å². The average Bonchev–Trinajstić information content (AvgIpc) is 2.64. The van der Waals surface area contributed by atoms with Crippen molar-refractivity contribution in [1.82, 2.24) is 0 Å². The van der Waals surface area contributed by atoms with E-state index >= 15 is 0 Å². The monoisotopic (exact) mass is 213 g/mol. The molecule has 0 saturated carbocycles. The maximum Gasteiger partial charge on any atom is 0.0443 e. The van der Waals surface area contributed by atoms with Crippen LogP contribution in [0.2, 0.25) is 0 Å². The smallest absolute Gasteiger partial charge is 0.0443 e. The van der Waals surface area contributed by atoms with Crippen LogP contribution >= 0.6 is 0 Å². The summed E-state index contributed by atoms with van der Waals surface area (Å²) in [4.78, 5) is 2.53. The van der Waals surface area contributed by atoms with E-state index in [1.807, 2.05) is 0 Å². The Morgan fingerprint density at radius 2 is 2.06 bits per heavy atom. The van der Waals surface area contributed by atoms with E-state index in [-0.39, 0.29) is 5.41 Å². The number of rotatable bonds is 0. The molecule has 2 aliphatic heterocycles. The van der Waals surface area contributed by atoms with Gasteiger partial charge < -0.3 is 4.90 Å². The molecule has 1 aromatic carbocycles. The standard InChI is InChI=1S/C15H19N/c1-11-7-9-16-10-8-12-5-4-6-13(14(12)16)15(11,2)3/h4-7H,8-10H2,1-3H3. The molecule has 0 aromatic heterocycles. The highest BCUT2D eigenvalue weighted by Gasteiger charge is 2.33. The Labute approximate surface area is 97.8 Å². The molecule has 0 radical (unpaired) electrons. The summed E-state index contributed by atoms with van der Waals surface area (Å²) in [7, 11) is 0. The molecule has 84 valence electrons. The number of nitrogens with zero attached hydrogens (tertiary/aromatic N) is 1. The Kier molecular flexibility index (Phi) is 1.95. The molecule has 1 nitrogen and oxygen atoms in total. The van der Waals surface area contributed by atoms with Crippen molar-refractivity contribution in [2.45, 2.75) is 32.6 Å². The molecule has 0 unspecified atom stereocenters. The fourth-order valence-electron chi connectivity index (χ4n) is 2.94. The maximum atomic E-state index is 2.53. The van der Waals surface area contributed by atoms with Crippen LogP contribution in [0.3, 0.4) is 0 Å². The van der Waals surface area contributed by atoms with Crippen LogP contribution in [0.5, 0.6) is 0 Å². The van der Waals surface area contributed by atoms with Crippen molar-refractivity contribution in [3.05, 3.63) is 41.0 Å². The predicted octanol–water partition coefficient (Wildman–Crippen LogP) is 3.29. The van der Waals surface area contributed by atoms with E-state index in [0.29, 0.717) is 0 Å². The average molecular weight is 213 g/mol. The second-order valence-electron chi connectivity index (χ2n) is 5.52. The number of benzene rings is 1. The van der Waals surface area contributed by atoms with Gasteiger partial charge in [0.2, 0.25) is 0 Å². The molecule has 3 rings (SSSR count). The number of hydrogen-bond acceptors (Lipinski definition) is 1. The summed E-state index contributed by atoms with van der Waals surface area (Å²) in [6.07, 6.45) is 3.61. The van der Waals surface area contributed by atoms with Crippen LogP contribution in [-0.2, 0) is 11.8 Å². The molecular weight excluding hydrogens is 194 g/mol. The van der Waals surface area contributed by atoms with Crippen LogP contribution in [0.15, 0.2) is 29.8 Å². The van der Waals surface area contributed by atoms with Crippen LogP contribution in [0.25, 0.3) is 0 Å². The van der Waals surface area contributed by atoms with Gasteiger partial charge in [-0.05, 0) is 24.5 Å². The van der Waals surface area contributed by atoms with Gasteiger partial charge in [0.05, 0.1) is 0 Å². The Hall–Kier alpha value is -1.24. The topological polar surface area (TPSA) is 3.24 Å². The minimum atomic E-state index is 0.185. The van der Waals surface area contributed by atoms with E-state index in [1.165, 1.54) is 35.4 Å². The first-order valence-electron chi connectivity index (χ1n) is 6.15. The van der Waals surface area contributed by atoms with Crippen LogP contribution in [0, 0.1) is 0 Å². The van der Waals surface area contributed by atoms with E-state index in [2.05, 4.69) is 49.9 Å². The fourth-order valence-corrected chi connectivity index (χ4v) is 2.94. The van der Waals surface area contributed by atoms with Gasteiger partial charge in [0.15, 0.2) is 0 Å². The van der Waals surface area contributed by atoms with E-state index in [1.54, 1.807) is 0 Å². The number of allylic oxidation sites excluding steroid dienone is 1. The third-order valence-corrected chi connectivity index (χ3v) is 4.36. The minimum absolute atomic E-state index is 0.185. The largest absolute Gasteiger partial charge is 0.367 e. The minimum Gasteiger partial charge on any atom is -0.367 e. The first-order valence-corrected chi connectivity index (χ1v) is 6.15. The molecule has 1 heteroatoms. The lowest BCUT2D eigenvalue weighted by Crippen LogP contribution is -2.22. The van der Waals surface area contributed by atoms with Crippen molar-refractivity contribution in [2.24, 2.45) is 0 Å². The highest BCUT2D eigenvalue weighted by molar-refractivity contribution is 5.68. The van der Waals surface area contributed by atoms with E-state index in [0.717, 1.165) is 6.54 Å². The normalized spacial score (nSPS) is 21.4. The molecule has 0 aliphatic carbocycles. The third-order valence-electron chi connectivity index (χ3n) is 4.36. The first-order chi connectivity index (χ1) is 7.60. The Morgan fingerprint density at radius 1 is 1.25 bits per heavy atom. The molecule has 16 heavy (non-hydrogen) atoms. The van der Waals surface area contributed by atoms with E-state index in [9.17, 15) is 0 Å². The van der Waals surface area contributed by atoms with Crippen molar-refractivity contribution in [1.29, 1.82) is 0 Å². The molecule has 0 amide bonds.